The highest BCUT2D eigenvalue weighted by Crippen LogP contribution is 2.61. The molecule has 0 aromatic carbocycles. The SMILES string of the molecule is CCNC(C#N)C12CC3CC(CC(C3)C1)C2. The quantitative estimate of drug-likeness (QED) is 0.790. The number of nitriles is 1. The smallest absolute Gasteiger partial charge is 0.101 e. The molecule has 0 saturated heterocycles. The van der Waals surface area contributed by atoms with Gasteiger partial charge in [-0.05, 0) is 68.2 Å². The molecule has 16 heavy (non-hydrogen) atoms. The molecule has 0 aromatic rings. The molecule has 4 bridgehead atoms. The van der Waals surface area contributed by atoms with Gasteiger partial charge in [0.2, 0.25) is 0 Å². The van der Waals surface area contributed by atoms with E-state index in [0.717, 1.165) is 24.3 Å². The highest BCUT2D eigenvalue weighted by molar-refractivity contribution is 5.12. The first-order valence-electron chi connectivity index (χ1n) is 6.89. The van der Waals surface area contributed by atoms with Crippen LogP contribution in [0.3, 0.4) is 0 Å². The van der Waals surface area contributed by atoms with Crippen molar-refractivity contribution < 1.29 is 0 Å². The van der Waals surface area contributed by atoms with Crippen LogP contribution >= 0.6 is 0 Å². The Morgan fingerprint density at radius 2 is 1.69 bits per heavy atom. The minimum absolute atomic E-state index is 0.117. The van der Waals surface area contributed by atoms with Crippen LogP contribution in [0.25, 0.3) is 0 Å². The third kappa shape index (κ3) is 1.49. The monoisotopic (exact) mass is 218 g/mol. The van der Waals surface area contributed by atoms with E-state index in [9.17, 15) is 5.26 Å². The molecule has 0 aliphatic heterocycles. The highest BCUT2D eigenvalue weighted by Gasteiger charge is 2.54. The fourth-order valence-corrected chi connectivity index (χ4v) is 5.13. The third-order valence-electron chi connectivity index (χ3n) is 5.24. The second-order valence-electron chi connectivity index (χ2n) is 6.40. The predicted molar refractivity (Wildman–Crippen MR) is 63.7 cm³/mol. The minimum atomic E-state index is 0.117. The molecule has 0 heterocycles. The minimum Gasteiger partial charge on any atom is -0.302 e. The van der Waals surface area contributed by atoms with E-state index in [1.807, 2.05) is 0 Å². The average molecular weight is 218 g/mol. The molecular formula is C14H22N2. The summed E-state index contributed by atoms with van der Waals surface area (Å²) in [6, 6.07) is 2.67. The molecule has 1 atom stereocenters. The summed E-state index contributed by atoms with van der Waals surface area (Å²) >= 11 is 0. The molecule has 1 N–H and O–H groups in total. The second-order valence-corrected chi connectivity index (χ2v) is 6.40. The Labute approximate surface area is 98.4 Å². The Morgan fingerprint density at radius 3 is 2.06 bits per heavy atom. The van der Waals surface area contributed by atoms with Crippen LogP contribution in [0.1, 0.15) is 45.4 Å². The predicted octanol–water partition coefficient (Wildman–Crippen LogP) is 2.70. The summed E-state index contributed by atoms with van der Waals surface area (Å²) in [6.07, 6.45) is 8.36. The fourth-order valence-electron chi connectivity index (χ4n) is 5.13. The molecule has 4 fully saturated rings. The zero-order chi connectivity index (χ0) is 11.2. The molecule has 0 radical (unpaired) electrons. The summed E-state index contributed by atoms with van der Waals surface area (Å²) in [6.45, 7) is 3.05. The Kier molecular flexibility index (Phi) is 2.47. The van der Waals surface area contributed by atoms with Gasteiger partial charge in [0.1, 0.15) is 6.04 Å². The third-order valence-corrected chi connectivity index (χ3v) is 5.24. The summed E-state index contributed by atoms with van der Waals surface area (Å²) < 4.78 is 0. The van der Waals surface area contributed by atoms with Gasteiger partial charge in [-0.15, -0.1) is 0 Å². The number of nitrogens with one attached hydrogen (secondary N) is 1. The summed E-state index contributed by atoms with van der Waals surface area (Å²) in [5.41, 5.74) is 0.347. The Hall–Kier alpha value is -0.550. The van der Waals surface area contributed by atoms with E-state index >= 15 is 0 Å². The van der Waals surface area contributed by atoms with Crippen LogP contribution in [0.5, 0.6) is 0 Å². The molecule has 0 amide bonds. The van der Waals surface area contributed by atoms with Gasteiger partial charge in [0, 0.05) is 0 Å². The van der Waals surface area contributed by atoms with Crippen molar-refractivity contribution in [1.29, 1.82) is 5.26 Å². The molecule has 4 saturated carbocycles. The molecule has 0 aromatic heterocycles. The maximum absolute atomic E-state index is 9.40. The summed E-state index contributed by atoms with van der Waals surface area (Å²) in [4.78, 5) is 0. The lowest BCUT2D eigenvalue weighted by atomic mass is 9.48. The lowest BCUT2D eigenvalue weighted by molar-refractivity contribution is -0.0634. The lowest BCUT2D eigenvalue weighted by Crippen LogP contribution is -2.55. The zero-order valence-corrected chi connectivity index (χ0v) is 10.2. The van der Waals surface area contributed by atoms with Gasteiger partial charge >= 0.3 is 0 Å². The van der Waals surface area contributed by atoms with Crippen LogP contribution in [0, 0.1) is 34.5 Å². The molecule has 1 unspecified atom stereocenters. The molecule has 0 spiro atoms. The Bertz CT molecular complexity index is 280. The zero-order valence-electron chi connectivity index (χ0n) is 10.2. The van der Waals surface area contributed by atoms with Gasteiger partial charge in [0.25, 0.3) is 0 Å². The summed E-state index contributed by atoms with van der Waals surface area (Å²) in [5, 5.41) is 12.8. The largest absolute Gasteiger partial charge is 0.302 e. The second kappa shape index (κ2) is 3.74. The molecular weight excluding hydrogens is 196 g/mol. The number of hydrogen-bond donors (Lipinski definition) is 1. The maximum atomic E-state index is 9.40. The van der Waals surface area contributed by atoms with E-state index in [1.54, 1.807) is 0 Å². The Balaban J connectivity index is 1.85. The summed E-state index contributed by atoms with van der Waals surface area (Å²) in [7, 11) is 0. The van der Waals surface area contributed by atoms with E-state index < -0.39 is 0 Å². The topological polar surface area (TPSA) is 35.8 Å². The molecule has 88 valence electrons. The van der Waals surface area contributed by atoms with Crippen molar-refractivity contribution in [3.8, 4) is 6.07 Å². The van der Waals surface area contributed by atoms with Crippen LogP contribution in [0.2, 0.25) is 0 Å². The first-order valence-corrected chi connectivity index (χ1v) is 6.89. The maximum Gasteiger partial charge on any atom is 0.101 e. The van der Waals surface area contributed by atoms with Crippen molar-refractivity contribution in [2.24, 2.45) is 23.2 Å². The van der Waals surface area contributed by atoms with E-state index in [4.69, 9.17) is 0 Å². The van der Waals surface area contributed by atoms with Crippen molar-refractivity contribution in [2.75, 3.05) is 6.54 Å². The van der Waals surface area contributed by atoms with Gasteiger partial charge < -0.3 is 5.32 Å². The van der Waals surface area contributed by atoms with Crippen molar-refractivity contribution in [3.63, 3.8) is 0 Å². The van der Waals surface area contributed by atoms with Crippen LogP contribution in [-0.4, -0.2) is 12.6 Å². The highest BCUT2D eigenvalue weighted by atomic mass is 14.9. The van der Waals surface area contributed by atoms with E-state index in [0.29, 0.717) is 5.41 Å². The van der Waals surface area contributed by atoms with Gasteiger partial charge in [-0.3, -0.25) is 0 Å². The number of nitrogens with zero attached hydrogens (tertiary/aromatic N) is 1. The molecule has 4 aliphatic rings. The van der Waals surface area contributed by atoms with Crippen molar-refractivity contribution in [2.45, 2.75) is 51.5 Å². The van der Waals surface area contributed by atoms with Crippen molar-refractivity contribution in [3.05, 3.63) is 0 Å². The standard InChI is InChI=1S/C14H22N2/c1-2-16-13(9-15)14-6-10-3-11(7-14)5-12(4-10)8-14/h10-13,16H,2-8H2,1H3. The van der Waals surface area contributed by atoms with Crippen LogP contribution in [0.15, 0.2) is 0 Å². The van der Waals surface area contributed by atoms with Gasteiger partial charge in [-0.1, -0.05) is 6.92 Å². The first-order chi connectivity index (χ1) is 7.75. The van der Waals surface area contributed by atoms with Crippen molar-refractivity contribution >= 4 is 0 Å². The van der Waals surface area contributed by atoms with Gasteiger partial charge in [-0.25, -0.2) is 0 Å². The molecule has 2 heteroatoms. The molecule has 4 rings (SSSR count). The van der Waals surface area contributed by atoms with E-state index in [-0.39, 0.29) is 6.04 Å². The lowest BCUT2D eigenvalue weighted by Gasteiger charge is -2.58. The van der Waals surface area contributed by atoms with Crippen LogP contribution < -0.4 is 5.32 Å². The van der Waals surface area contributed by atoms with Gasteiger partial charge in [0.15, 0.2) is 0 Å². The average Bonchev–Trinajstić information content (AvgIpc) is 2.23. The Morgan fingerprint density at radius 1 is 1.19 bits per heavy atom. The van der Waals surface area contributed by atoms with Gasteiger partial charge in [-0.2, -0.15) is 5.26 Å². The molecule has 4 aliphatic carbocycles. The van der Waals surface area contributed by atoms with Crippen LogP contribution in [-0.2, 0) is 0 Å². The summed E-state index contributed by atoms with van der Waals surface area (Å²) in [5.74, 6) is 2.84. The molecule has 2 nitrogen and oxygen atoms in total. The van der Waals surface area contributed by atoms with E-state index in [2.05, 4.69) is 18.3 Å². The number of rotatable bonds is 3. The normalized spacial score (nSPS) is 46.6. The first kappa shape index (κ1) is 10.6. The van der Waals surface area contributed by atoms with E-state index in [1.165, 1.54) is 38.5 Å². The van der Waals surface area contributed by atoms with Gasteiger partial charge in [0.05, 0.1) is 6.07 Å². The number of hydrogen-bond acceptors (Lipinski definition) is 2. The van der Waals surface area contributed by atoms with Crippen molar-refractivity contribution in [1.82, 2.24) is 5.32 Å². The van der Waals surface area contributed by atoms with Crippen LogP contribution in [0.4, 0.5) is 0 Å². The fraction of sp³-hybridized carbons (Fsp3) is 0.929.